The molecule has 0 saturated carbocycles. The molecule has 0 unspecified atom stereocenters. The summed E-state index contributed by atoms with van der Waals surface area (Å²) in [5.74, 6) is 0. The topological polar surface area (TPSA) is 6.48 Å². The van der Waals surface area contributed by atoms with Gasteiger partial charge in [0.25, 0.3) is 0 Å². The maximum absolute atomic E-state index is 2.41. The number of anilines is 6. The van der Waals surface area contributed by atoms with Crippen molar-refractivity contribution >= 4 is 34.1 Å². The zero-order valence-corrected chi connectivity index (χ0v) is 29.5. The molecular weight excluding hydrogens is 605 g/mol. The molecule has 0 aliphatic heterocycles. The number of hydrogen-bond acceptors (Lipinski definition) is 2. The van der Waals surface area contributed by atoms with Crippen LogP contribution in [0.15, 0.2) is 164 Å². The van der Waals surface area contributed by atoms with Gasteiger partial charge in [0.05, 0.1) is 0 Å². The van der Waals surface area contributed by atoms with E-state index in [1.165, 1.54) is 50.1 Å². The van der Waals surface area contributed by atoms with E-state index < -0.39 is 0 Å². The lowest BCUT2D eigenvalue weighted by Gasteiger charge is -2.29. The van der Waals surface area contributed by atoms with E-state index in [1.807, 2.05) is 0 Å². The Morgan fingerprint density at radius 1 is 0.340 bits per heavy atom. The van der Waals surface area contributed by atoms with Gasteiger partial charge in [0.2, 0.25) is 0 Å². The summed E-state index contributed by atoms with van der Waals surface area (Å²) < 4.78 is 0. The lowest BCUT2D eigenvalue weighted by molar-refractivity contribution is 0.660. The Labute approximate surface area is 296 Å². The molecule has 1 aliphatic rings. The van der Waals surface area contributed by atoms with Crippen molar-refractivity contribution in [2.24, 2.45) is 0 Å². The maximum Gasteiger partial charge on any atom is 0.0465 e. The van der Waals surface area contributed by atoms with Crippen LogP contribution in [0.1, 0.15) is 41.7 Å². The van der Waals surface area contributed by atoms with Gasteiger partial charge in [-0.25, -0.2) is 0 Å². The third-order valence-electron chi connectivity index (χ3n) is 10.3. The first-order chi connectivity index (χ1) is 24.3. The molecule has 244 valence electrons. The van der Waals surface area contributed by atoms with Crippen molar-refractivity contribution in [2.75, 3.05) is 9.80 Å². The largest absolute Gasteiger partial charge is 0.310 e. The number of benzene rings is 7. The van der Waals surface area contributed by atoms with Crippen molar-refractivity contribution in [3.63, 3.8) is 0 Å². The molecule has 0 radical (unpaired) electrons. The summed E-state index contributed by atoms with van der Waals surface area (Å²) in [6.07, 6.45) is 0. The van der Waals surface area contributed by atoms with Gasteiger partial charge >= 0.3 is 0 Å². The molecule has 0 spiro atoms. The van der Waals surface area contributed by atoms with Gasteiger partial charge in [-0.05, 0) is 127 Å². The van der Waals surface area contributed by atoms with Gasteiger partial charge in [0.15, 0.2) is 0 Å². The van der Waals surface area contributed by atoms with Gasteiger partial charge in [-0.1, -0.05) is 122 Å². The van der Waals surface area contributed by atoms with Crippen LogP contribution < -0.4 is 9.80 Å². The molecule has 0 bridgehead atoms. The highest BCUT2D eigenvalue weighted by Crippen LogP contribution is 2.52. The molecule has 2 nitrogen and oxygen atoms in total. The van der Waals surface area contributed by atoms with E-state index in [0.29, 0.717) is 0 Å². The third kappa shape index (κ3) is 5.67. The summed E-state index contributed by atoms with van der Waals surface area (Å²) in [7, 11) is 0. The molecule has 0 fully saturated rings. The number of aryl methyl sites for hydroxylation is 3. The molecule has 0 amide bonds. The van der Waals surface area contributed by atoms with E-state index in [4.69, 9.17) is 0 Å². The van der Waals surface area contributed by atoms with Crippen LogP contribution in [0.5, 0.6) is 0 Å². The fourth-order valence-corrected chi connectivity index (χ4v) is 7.40. The van der Waals surface area contributed by atoms with Crippen LogP contribution in [0.25, 0.3) is 22.3 Å². The summed E-state index contributed by atoms with van der Waals surface area (Å²) >= 11 is 0. The van der Waals surface area contributed by atoms with E-state index >= 15 is 0 Å². The van der Waals surface area contributed by atoms with Gasteiger partial charge in [-0.3, -0.25) is 0 Å². The first-order valence-corrected chi connectivity index (χ1v) is 17.5. The average molecular weight is 647 g/mol. The van der Waals surface area contributed by atoms with Gasteiger partial charge < -0.3 is 9.80 Å². The molecule has 50 heavy (non-hydrogen) atoms. The van der Waals surface area contributed by atoms with Crippen LogP contribution in [0.2, 0.25) is 0 Å². The molecule has 0 heterocycles. The van der Waals surface area contributed by atoms with Crippen LogP contribution in [-0.4, -0.2) is 0 Å². The van der Waals surface area contributed by atoms with Crippen LogP contribution in [0.4, 0.5) is 34.1 Å². The van der Waals surface area contributed by atoms with Gasteiger partial charge in [0.1, 0.15) is 0 Å². The first-order valence-electron chi connectivity index (χ1n) is 17.5. The minimum absolute atomic E-state index is 0.195. The highest BCUT2D eigenvalue weighted by atomic mass is 15.1. The summed E-state index contributed by atoms with van der Waals surface area (Å²) in [5, 5.41) is 0. The summed E-state index contributed by atoms with van der Waals surface area (Å²) in [5.41, 5.74) is 18.2. The quantitative estimate of drug-likeness (QED) is 0.170. The van der Waals surface area contributed by atoms with E-state index in [9.17, 15) is 0 Å². The Kier molecular flexibility index (Phi) is 7.88. The Balaban J connectivity index is 1.21. The van der Waals surface area contributed by atoms with E-state index in [1.54, 1.807) is 0 Å². The minimum Gasteiger partial charge on any atom is -0.310 e. The fourth-order valence-electron chi connectivity index (χ4n) is 7.40. The number of rotatable bonds is 7. The smallest absolute Gasteiger partial charge is 0.0465 e. The summed E-state index contributed by atoms with van der Waals surface area (Å²) in [6.45, 7) is 11.2. The first kappa shape index (κ1) is 31.4. The summed E-state index contributed by atoms with van der Waals surface area (Å²) in [6, 6.07) is 60.1. The highest BCUT2D eigenvalue weighted by molar-refractivity contribution is 5.88. The Bertz CT molecular complexity index is 2240. The number of hydrogen-bond donors (Lipinski definition) is 0. The van der Waals surface area contributed by atoms with Crippen LogP contribution >= 0.6 is 0 Å². The van der Waals surface area contributed by atoms with Gasteiger partial charge in [-0.15, -0.1) is 0 Å². The third-order valence-corrected chi connectivity index (χ3v) is 10.3. The van der Waals surface area contributed by atoms with E-state index in [2.05, 4.69) is 208 Å². The maximum atomic E-state index is 2.41. The zero-order valence-electron chi connectivity index (χ0n) is 29.5. The number of nitrogens with zero attached hydrogens (tertiary/aromatic N) is 2. The molecule has 8 rings (SSSR count). The second-order valence-corrected chi connectivity index (χ2v) is 14.2. The molecule has 2 heteroatoms. The lowest BCUT2D eigenvalue weighted by atomic mass is 9.82. The molecule has 0 N–H and O–H groups in total. The van der Waals surface area contributed by atoms with Crippen molar-refractivity contribution in [1.29, 1.82) is 0 Å². The van der Waals surface area contributed by atoms with Gasteiger partial charge in [0, 0.05) is 39.5 Å². The van der Waals surface area contributed by atoms with Crippen molar-refractivity contribution in [1.82, 2.24) is 0 Å². The average Bonchev–Trinajstić information content (AvgIpc) is 3.37. The van der Waals surface area contributed by atoms with Crippen LogP contribution in [-0.2, 0) is 5.41 Å². The molecule has 7 aromatic rings. The van der Waals surface area contributed by atoms with Crippen molar-refractivity contribution in [3.8, 4) is 22.3 Å². The molecule has 1 aliphatic carbocycles. The normalized spacial score (nSPS) is 12.7. The number of fused-ring (bicyclic) bond motifs is 3. The Morgan fingerprint density at radius 3 is 1.04 bits per heavy atom. The van der Waals surface area contributed by atoms with Crippen molar-refractivity contribution < 1.29 is 0 Å². The predicted octanol–water partition coefficient (Wildman–Crippen LogP) is 13.5. The van der Waals surface area contributed by atoms with E-state index in [0.717, 1.165) is 34.1 Å². The summed E-state index contributed by atoms with van der Waals surface area (Å²) in [4.78, 5) is 4.76. The van der Waals surface area contributed by atoms with Gasteiger partial charge in [-0.2, -0.15) is 0 Å². The van der Waals surface area contributed by atoms with E-state index in [-0.39, 0.29) is 5.41 Å². The van der Waals surface area contributed by atoms with Crippen LogP contribution in [0.3, 0.4) is 0 Å². The standard InChI is InChI=1S/C48H42N2/c1-33-11-19-38(20-12-33)49(39-21-13-34(2)14-22-39)42-27-29-44-45-30-28-43(32-47(45)48(4,5)46(44)31-42)50(40-23-15-35(3)16-24-40)41-25-17-37(18-26-41)36-9-7-6-8-10-36/h6-32H,1-5H3. The second-order valence-electron chi connectivity index (χ2n) is 14.2. The minimum atomic E-state index is -0.195. The molecule has 7 aromatic carbocycles. The monoisotopic (exact) mass is 646 g/mol. The molecule has 0 saturated heterocycles. The molecule has 0 atom stereocenters. The predicted molar refractivity (Wildman–Crippen MR) is 213 cm³/mol. The second kappa shape index (κ2) is 12.5. The zero-order chi connectivity index (χ0) is 34.4. The Morgan fingerprint density at radius 2 is 0.660 bits per heavy atom. The van der Waals surface area contributed by atoms with Crippen molar-refractivity contribution in [3.05, 3.63) is 192 Å². The SMILES string of the molecule is Cc1ccc(N(c2ccc(C)cc2)c2ccc3c(c2)C(C)(C)c2cc(N(c4ccc(C)cc4)c4ccc(-c5ccccc5)cc4)ccc2-3)cc1. The fraction of sp³-hybridized carbons (Fsp3) is 0.125. The highest BCUT2D eigenvalue weighted by Gasteiger charge is 2.37. The Hall–Kier alpha value is -5.86. The molecule has 0 aromatic heterocycles. The van der Waals surface area contributed by atoms with Crippen LogP contribution in [0, 0.1) is 20.8 Å². The lowest BCUT2D eigenvalue weighted by Crippen LogP contribution is -2.17. The molecular formula is C48H42N2. The van der Waals surface area contributed by atoms with Crippen molar-refractivity contribution in [2.45, 2.75) is 40.0 Å².